The number of piperidine rings is 1. The third-order valence-corrected chi connectivity index (χ3v) is 13.6. The van der Waals surface area contributed by atoms with Gasteiger partial charge in [-0.15, -0.1) is 0 Å². The first-order valence-corrected chi connectivity index (χ1v) is 21.0. The lowest BCUT2D eigenvalue weighted by Gasteiger charge is -2.55. The lowest BCUT2D eigenvalue weighted by atomic mass is 9.63. The maximum absolute atomic E-state index is 15.2. The normalized spacial score (nSPS) is 24.5. The van der Waals surface area contributed by atoms with Crippen LogP contribution in [0.5, 0.6) is 5.75 Å². The topological polar surface area (TPSA) is 160 Å². The Morgan fingerprint density at radius 1 is 0.968 bits per heavy atom. The molecule has 6 heterocycles. The van der Waals surface area contributed by atoms with Crippen molar-refractivity contribution in [1.82, 2.24) is 29.6 Å². The Bertz CT molecular complexity index is 2730. The summed E-state index contributed by atoms with van der Waals surface area (Å²) in [4.78, 5) is 48.4. The number of ether oxygens (including phenoxy) is 1. The molecule has 4 atom stereocenters. The largest absolute Gasteiger partial charge is 0.480 e. The molecule has 5 aromatic rings. The molecule has 2 saturated heterocycles. The van der Waals surface area contributed by atoms with Crippen LogP contribution in [0.4, 0.5) is 50.8 Å². The Morgan fingerprint density at radius 3 is 2.48 bits per heavy atom. The SMILES string of the molecule is Cn1nc(C2CCC(=O)NC2=O)c2ccc(NC3CCC4(CC3C(F)(F)F)CN(c3ncc(Cl)c(Nc5ccc6c(c5)c5c(c(=O)n6C)OCC(F)(F)C(C6CC6)N5)n3)C4)cc21. The first-order valence-electron chi connectivity index (χ1n) is 20.6. The van der Waals surface area contributed by atoms with Gasteiger partial charge >= 0.3 is 12.1 Å². The van der Waals surface area contributed by atoms with Gasteiger partial charge in [-0.3, -0.25) is 24.4 Å². The Kier molecular flexibility index (Phi) is 9.39. The number of aromatic nitrogens is 5. The molecule has 0 radical (unpaired) electrons. The molecular formula is C42H42ClF5N10O4. The molecule has 3 aromatic heterocycles. The molecule has 2 saturated carbocycles. The van der Waals surface area contributed by atoms with Crippen LogP contribution in [0.15, 0.2) is 47.4 Å². The average molecular weight is 881 g/mol. The first-order chi connectivity index (χ1) is 29.5. The highest BCUT2D eigenvalue weighted by molar-refractivity contribution is 6.33. The minimum absolute atomic E-state index is 0.0911. The van der Waals surface area contributed by atoms with Crippen molar-refractivity contribution in [2.75, 3.05) is 40.5 Å². The summed E-state index contributed by atoms with van der Waals surface area (Å²) in [6.45, 7) is -0.294. The molecule has 10 rings (SSSR count). The molecule has 0 bridgehead atoms. The van der Waals surface area contributed by atoms with Gasteiger partial charge in [0.25, 0.3) is 5.56 Å². The summed E-state index contributed by atoms with van der Waals surface area (Å²) in [5, 5.41) is 17.6. The molecule has 20 heteroatoms. The molecule has 62 heavy (non-hydrogen) atoms. The van der Waals surface area contributed by atoms with Crippen molar-refractivity contribution in [3.05, 3.63) is 63.7 Å². The number of fused-ring (bicyclic) bond motifs is 4. The van der Waals surface area contributed by atoms with Crippen LogP contribution < -0.4 is 36.5 Å². The molecule has 14 nitrogen and oxygen atoms in total. The van der Waals surface area contributed by atoms with E-state index in [4.69, 9.17) is 16.3 Å². The Morgan fingerprint density at radius 2 is 1.74 bits per heavy atom. The summed E-state index contributed by atoms with van der Waals surface area (Å²) in [5.74, 6) is -6.08. The van der Waals surface area contributed by atoms with Crippen LogP contribution in [-0.4, -0.2) is 80.0 Å². The van der Waals surface area contributed by atoms with Gasteiger partial charge in [0.2, 0.25) is 23.5 Å². The molecule has 5 aliphatic rings. The standard InChI is InChI=1S/C42H42ClF5N10O4/c1-56-29-9-6-21(13-25(29)33-34(38(56)61)62-19-41(44,45)35(53-33)20-3-4-20)51-36-27(43)16-49-39(54-36)58-17-40(18-58)12-11-28(26(15-40)42(46,47)48)50-22-5-7-23-30(14-22)57(2)55-32(23)24-8-10-31(59)52-37(24)60/h5-7,9,13-14,16,20,24,26,28,35,50,53H,3-4,8,10-12,15,17-19H2,1-2H3,(H,49,51,54)(H,52,59,60). The maximum Gasteiger partial charge on any atom is 0.393 e. The molecule has 2 aromatic carbocycles. The van der Waals surface area contributed by atoms with E-state index in [0.717, 1.165) is 0 Å². The van der Waals surface area contributed by atoms with Crippen molar-refractivity contribution in [1.29, 1.82) is 0 Å². The third-order valence-electron chi connectivity index (χ3n) is 13.3. The van der Waals surface area contributed by atoms with Gasteiger partial charge in [-0.2, -0.15) is 23.3 Å². The molecule has 3 aliphatic heterocycles. The fraction of sp³-hybridized carbons (Fsp3) is 0.476. The number of carbonyl (C=O) groups excluding carboxylic acids is 2. The monoisotopic (exact) mass is 880 g/mol. The fourth-order valence-corrected chi connectivity index (χ4v) is 10.0. The van der Waals surface area contributed by atoms with Gasteiger partial charge in [-0.05, 0) is 80.8 Å². The quantitative estimate of drug-likeness (QED) is 0.0985. The zero-order valence-corrected chi connectivity index (χ0v) is 34.3. The minimum Gasteiger partial charge on any atom is -0.480 e. The van der Waals surface area contributed by atoms with Crippen LogP contribution >= 0.6 is 11.6 Å². The van der Waals surface area contributed by atoms with E-state index in [1.165, 1.54) is 10.8 Å². The second-order valence-electron chi connectivity index (χ2n) is 17.5. The van der Waals surface area contributed by atoms with Crippen molar-refractivity contribution < 1.29 is 36.3 Å². The molecule has 2 aliphatic carbocycles. The molecular weight excluding hydrogens is 839 g/mol. The van der Waals surface area contributed by atoms with E-state index in [2.05, 4.69) is 36.3 Å². The van der Waals surface area contributed by atoms with Crippen molar-refractivity contribution in [3.8, 4) is 5.75 Å². The Labute approximate surface area is 355 Å². The highest BCUT2D eigenvalue weighted by Crippen LogP contribution is 2.52. The average Bonchev–Trinajstić information content (AvgIpc) is 4.02. The predicted molar refractivity (Wildman–Crippen MR) is 221 cm³/mol. The van der Waals surface area contributed by atoms with E-state index in [0.29, 0.717) is 77.6 Å². The summed E-state index contributed by atoms with van der Waals surface area (Å²) in [6.07, 6.45) is -0.518. The Balaban J connectivity index is 0.845. The number of pyridine rings is 1. The summed E-state index contributed by atoms with van der Waals surface area (Å²) >= 11 is 6.56. The van der Waals surface area contributed by atoms with Crippen LogP contribution in [0.2, 0.25) is 5.02 Å². The number of imide groups is 1. The summed E-state index contributed by atoms with van der Waals surface area (Å²) < 4.78 is 83.2. The van der Waals surface area contributed by atoms with Crippen LogP contribution in [0.25, 0.3) is 21.8 Å². The number of hydrogen-bond acceptors (Lipinski definition) is 11. The highest BCUT2D eigenvalue weighted by atomic mass is 35.5. The fourth-order valence-electron chi connectivity index (χ4n) is 9.90. The van der Waals surface area contributed by atoms with E-state index >= 15 is 8.78 Å². The van der Waals surface area contributed by atoms with Gasteiger partial charge < -0.3 is 30.2 Å². The number of amides is 2. The van der Waals surface area contributed by atoms with E-state index in [-0.39, 0.29) is 59.3 Å². The van der Waals surface area contributed by atoms with Crippen molar-refractivity contribution in [3.63, 3.8) is 0 Å². The lowest BCUT2D eigenvalue weighted by molar-refractivity contribution is -0.196. The van der Waals surface area contributed by atoms with Crippen LogP contribution in [0, 0.1) is 17.3 Å². The molecule has 4 fully saturated rings. The molecule has 326 valence electrons. The van der Waals surface area contributed by atoms with Gasteiger partial charge in [0, 0.05) is 67.2 Å². The molecule has 4 N–H and O–H groups in total. The summed E-state index contributed by atoms with van der Waals surface area (Å²) in [5.41, 5.74) is 1.70. The molecule has 4 unspecified atom stereocenters. The number of hydrogen-bond donors (Lipinski definition) is 4. The molecule has 2 amide bonds. The highest BCUT2D eigenvalue weighted by Gasteiger charge is 2.56. The Hall–Kier alpha value is -5.72. The van der Waals surface area contributed by atoms with Crippen LogP contribution in [-0.2, 0) is 23.7 Å². The van der Waals surface area contributed by atoms with Gasteiger partial charge in [-0.1, -0.05) is 11.6 Å². The second kappa shape index (κ2) is 14.4. The van der Waals surface area contributed by atoms with Crippen LogP contribution in [0.3, 0.4) is 0 Å². The van der Waals surface area contributed by atoms with E-state index in [9.17, 15) is 27.6 Å². The number of nitrogens with zero attached hydrogens (tertiary/aromatic N) is 6. The van der Waals surface area contributed by atoms with Gasteiger partial charge in [0.1, 0.15) is 5.02 Å². The number of anilines is 5. The van der Waals surface area contributed by atoms with E-state index in [1.54, 1.807) is 55.2 Å². The van der Waals surface area contributed by atoms with E-state index in [1.807, 2.05) is 4.90 Å². The number of aryl methyl sites for hydroxylation is 2. The number of benzene rings is 2. The van der Waals surface area contributed by atoms with Gasteiger partial charge in [0.05, 0.1) is 46.5 Å². The first kappa shape index (κ1) is 40.4. The number of nitrogens with one attached hydrogen (secondary N) is 4. The minimum atomic E-state index is -4.47. The van der Waals surface area contributed by atoms with Gasteiger partial charge in [-0.25, -0.2) is 13.8 Å². The smallest absolute Gasteiger partial charge is 0.393 e. The zero-order chi connectivity index (χ0) is 43.5. The summed E-state index contributed by atoms with van der Waals surface area (Å²) in [6, 6.07) is 8.22. The number of alkyl halides is 5. The maximum atomic E-state index is 15.2. The predicted octanol–water partition coefficient (Wildman–Crippen LogP) is 7.00. The number of rotatable bonds is 7. The van der Waals surface area contributed by atoms with Gasteiger partial charge in [0.15, 0.2) is 12.4 Å². The molecule has 1 spiro atoms. The van der Waals surface area contributed by atoms with Crippen molar-refractivity contribution in [2.45, 2.75) is 75.0 Å². The lowest BCUT2D eigenvalue weighted by Crippen LogP contribution is -2.62. The summed E-state index contributed by atoms with van der Waals surface area (Å²) in [7, 11) is 3.25. The second-order valence-corrected chi connectivity index (χ2v) is 18.0. The third kappa shape index (κ3) is 7.01. The number of halogens is 6. The van der Waals surface area contributed by atoms with Crippen molar-refractivity contribution >= 4 is 74.0 Å². The van der Waals surface area contributed by atoms with Crippen molar-refractivity contribution in [2.24, 2.45) is 31.3 Å². The zero-order valence-electron chi connectivity index (χ0n) is 33.6. The number of carbonyl (C=O) groups is 2. The van der Waals surface area contributed by atoms with Crippen LogP contribution in [0.1, 0.15) is 56.6 Å². The van der Waals surface area contributed by atoms with E-state index < -0.39 is 59.5 Å².